The Morgan fingerprint density at radius 3 is 2.48 bits per heavy atom. The van der Waals surface area contributed by atoms with Crippen molar-refractivity contribution >= 4 is 27.3 Å². The van der Waals surface area contributed by atoms with Gasteiger partial charge in [0.2, 0.25) is 15.9 Å². The number of sulfonamides is 1. The van der Waals surface area contributed by atoms with E-state index in [1.54, 1.807) is 23.1 Å². The highest BCUT2D eigenvalue weighted by Crippen LogP contribution is 2.33. The Morgan fingerprint density at radius 1 is 1.11 bits per heavy atom. The number of hydrogen-bond acceptors (Lipinski definition) is 5. The number of ether oxygens (including phenoxy) is 2. The molecule has 0 saturated heterocycles. The molecule has 144 valence electrons. The summed E-state index contributed by atoms with van der Waals surface area (Å²) in [7, 11) is -0.704. The molecule has 0 N–H and O–H groups in total. The number of methoxy groups -OCH3 is 2. The fourth-order valence-electron chi connectivity index (χ4n) is 3.19. The minimum Gasteiger partial charge on any atom is -0.493 e. The summed E-state index contributed by atoms with van der Waals surface area (Å²) < 4.78 is 36.3. The van der Waals surface area contributed by atoms with Gasteiger partial charge in [0.05, 0.1) is 26.2 Å². The molecule has 1 aliphatic heterocycles. The number of fused-ring (bicyclic) bond motifs is 1. The Kier molecular flexibility index (Phi) is 5.27. The lowest BCUT2D eigenvalue weighted by molar-refractivity contribution is -0.117. The molecule has 2 aromatic carbocycles. The van der Waals surface area contributed by atoms with Crippen LogP contribution < -0.4 is 18.7 Å². The molecule has 8 heteroatoms. The van der Waals surface area contributed by atoms with Crippen LogP contribution in [0.4, 0.5) is 11.4 Å². The maximum absolute atomic E-state index is 12.9. The Hall–Kier alpha value is -2.74. The Bertz CT molecular complexity index is 958. The topological polar surface area (TPSA) is 76.2 Å². The van der Waals surface area contributed by atoms with Gasteiger partial charge in [0.25, 0.3) is 0 Å². The molecule has 0 aliphatic carbocycles. The van der Waals surface area contributed by atoms with Crippen molar-refractivity contribution in [1.82, 2.24) is 0 Å². The van der Waals surface area contributed by atoms with Gasteiger partial charge in [-0.25, -0.2) is 8.42 Å². The largest absolute Gasteiger partial charge is 0.493 e. The summed E-state index contributed by atoms with van der Waals surface area (Å²) in [5, 5.41) is 0. The van der Waals surface area contributed by atoms with Crippen molar-refractivity contribution in [2.45, 2.75) is 6.42 Å². The smallest absolute Gasteiger partial charge is 0.247 e. The SMILES string of the molecule is COc1ccc(N(CC(=O)N2CCc3ccccc32)S(C)(=O)=O)cc1OC. The lowest BCUT2D eigenvalue weighted by Gasteiger charge is -2.26. The fourth-order valence-corrected chi connectivity index (χ4v) is 4.03. The maximum Gasteiger partial charge on any atom is 0.247 e. The zero-order chi connectivity index (χ0) is 19.6. The lowest BCUT2D eigenvalue weighted by atomic mass is 10.2. The molecule has 0 radical (unpaired) electrons. The van der Waals surface area contributed by atoms with Crippen LogP contribution in [0.15, 0.2) is 42.5 Å². The van der Waals surface area contributed by atoms with Gasteiger partial charge < -0.3 is 14.4 Å². The molecule has 0 aromatic heterocycles. The number of carbonyl (C=O) groups excluding carboxylic acids is 1. The molecule has 0 unspecified atom stereocenters. The summed E-state index contributed by atoms with van der Waals surface area (Å²) >= 11 is 0. The number of benzene rings is 2. The summed E-state index contributed by atoms with van der Waals surface area (Å²) in [6.45, 7) is 0.254. The van der Waals surface area contributed by atoms with Gasteiger partial charge in [0.15, 0.2) is 11.5 Å². The van der Waals surface area contributed by atoms with Crippen LogP contribution in [0, 0.1) is 0 Å². The molecule has 27 heavy (non-hydrogen) atoms. The van der Waals surface area contributed by atoms with E-state index in [-0.39, 0.29) is 12.5 Å². The Labute approximate surface area is 159 Å². The molecular formula is C19H22N2O5S. The summed E-state index contributed by atoms with van der Waals surface area (Å²) in [4.78, 5) is 14.5. The summed E-state index contributed by atoms with van der Waals surface area (Å²) in [5.41, 5.74) is 2.27. The first-order valence-electron chi connectivity index (χ1n) is 8.43. The molecule has 7 nitrogen and oxygen atoms in total. The van der Waals surface area contributed by atoms with Crippen LogP contribution in [0.5, 0.6) is 11.5 Å². The predicted octanol–water partition coefficient (Wildman–Crippen LogP) is 2.06. The number of para-hydroxylation sites is 1. The van der Waals surface area contributed by atoms with Gasteiger partial charge in [-0.15, -0.1) is 0 Å². The average Bonchev–Trinajstić information content (AvgIpc) is 3.08. The fraction of sp³-hybridized carbons (Fsp3) is 0.316. The molecule has 1 heterocycles. The van der Waals surface area contributed by atoms with E-state index in [2.05, 4.69) is 0 Å². The van der Waals surface area contributed by atoms with Crippen molar-refractivity contribution in [2.75, 3.05) is 42.8 Å². The minimum absolute atomic E-state index is 0.278. The van der Waals surface area contributed by atoms with E-state index >= 15 is 0 Å². The summed E-state index contributed by atoms with van der Waals surface area (Å²) in [6.07, 6.45) is 1.84. The number of amides is 1. The van der Waals surface area contributed by atoms with Gasteiger partial charge in [0.1, 0.15) is 6.54 Å². The van der Waals surface area contributed by atoms with Crippen molar-refractivity contribution in [2.24, 2.45) is 0 Å². The van der Waals surface area contributed by atoms with Crippen molar-refractivity contribution in [3.05, 3.63) is 48.0 Å². The molecule has 1 amide bonds. The predicted molar refractivity (Wildman–Crippen MR) is 104 cm³/mol. The zero-order valence-corrected chi connectivity index (χ0v) is 16.3. The van der Waals surface area contributed by atoms with E-state index in [1.807, 2.05) is 24.3 Å². The summed E-state index contributed by atoms with van der Waals surface area (Å²) in [5.74, 6) is 0.595. The first-order chi connectivity index (χ1) is 12.8. The second-order valence-corrected chi connectivity index (χ2v) is 8.14. The van der Waals surface area contributed by atoms with Crippen LogP contribution in [-0.4, -0.2) is 47.9 Å². The molecule has 1 aliphatic rings. The van der Waals surface area contributed by atoms with Crippen LogP contribution in [0.25, 0.3) is 0 Å². The van der Waals surface area contributed by atoms with Crippen LogP contribution in [0.1, 0.15) is 5.56 Å². The number of nitrogens with zero attached hydrogens (tertiary/aromatic N) is 2. The van der Waals surface area contributed by atoms with Gasteiger partial charge in [-0.3, -0.25) is 9.10 Å². The second kappa shape index (κ2) is 7.48. The highest BCUT2D eigenvalue weighted by Gasteiger charge is 2.29. The number of rotatable bonds is 6. The Morgan fingerprint density at radius 2 is 1.81 bits per heavy atom. The van der Waals surface area contributed by atoms with E-state index in [9.17, 15) is 13.2 Å². The van der Waals surface area contributed by atoms with E-state index in [0.29, 0.717) is 23.7 Å². The molecular weight excluding hydrogens is 368 g/mol. The van der Waals surface area contributed by atoms with Crippen LogP contribution in [0.3, 0.4) is 0 Å². The second-order valence-electron chi connectivity index (χ2n) is 6.23. The van der Waals surface area contributed by atoms with Gasteiger partial charge >= 0.3 is 0 Å². The van der Waals surface area contributed by atoms with E-state index < -0.39 is 10.0 Å². The number of hydrogen-bond donors (Lipinski definition) is 0. The quantitative estimate of drug-likeness (QED) is 0.755. The van der Waals surface area contributed by atoms with Crippen molar-refractivity contribution in [3.63, 3.8) is 0 Å². The molecule has 0 bridgehead atoms. The monoisotopic (exact) mass is 390 g/mol. The van der Waals surface area contributed by atoms with Crippen molar-refractivity contribution in [1.29, 1.82) is 0 Å². The van der Waals surface area contributed by atoms with Gasteiger partial charge in [-0.2, -0.15) is 0 Å². The first-order valence-corrected chi connectivity index (χ1v) is 10.3. The summed E-state index contributed by atoms with van der Waals surface area (Å²) in [6, 6.07) is 12.4. The minimum atomic E-state index is -3.68. The highest BCUT2D eigenvalue weighted by atomic mass is 32.2. The first kappa shape index (κ1) is 19.0. The lowest BCUT2D eigenvalue weighted by Crippen LogP contribution is -2.42. The third-order valence-electron chi connectivity index (χ3n) is 4.52. The Balaban J connectivity index is 1.90. The molecule has 0 spiro atoms. The molecule has 0 atom stereocenters. The molecule has 0 saturated carbocycles. The zero-order valence-electron chi connectivity index (χ0n) is 15.5. The normalized spacial score (nSPS) is 13.2. The highest BCUT2D eigenvalue weighted by molar-refractivity contribution is 7.92. The van der Waals surface area contributed by atoms with E-state index in [1.165, 1.54) is 14.2 Å². The van der Waals surface area contributed by atoms with Crippen LogP contribution in [-0.2, 0) is 21.2 Å². The van der Waals surface area contributed by atoms with E-state index in [4.69, 9.17) is 9.47 Å². The van der Waals surface area contributed by atoms with E-state index in [0.717, 1.165) is 28.2 Å². The third kappa shape index (κ3) is 3.85. The molecule has 3 rings (SSSR count). The van der Waals surface area contributed by atoms with Crippen molar-refractivity contribution < 1.29 is 22.7 Å². The standard InChI is InChI=1S/C19H22N2O5S/c1-25-17-9-8-15(12-18(17)26-2)21(27(3,23)24)13-19(22)20-11-10-14-6-4-5-7-16(14)20/h4-9,12H,10-11,13H2,1-3H3. The molecule has 0 fully saturated rings. The van der Waals surface area contributed by atoms with Crippen LogP contribution in [0.2, 0.25) is 0 Å². The molecule has 2 aromatic rings. The maximum atomic E-state index is 12.9. The van der Waals surface area contributed by atoms with Crippen LogP contribution >= 0.6 is 0 Å². The number of anilines is 2. The average molecular weight is 390 g/mol. The van der Waals surface area contributed by atoms with Gasteiger partial charge in [-0.05, 0) is 30.2 Å². The third-order valence-corrected chi connectivity index (χ3v) is 5.66. The van der Waals surface area contributed by atoms with Gasteiger partial charge in [-0.1, -0.05) is 18.2 Å². The van der Waals surface area contributed by atoms with Gasteiger partial charge in [0, 0.05) is 18.3 Å². The van der Waals surface area contributed by atoms with Crippen molar-refractivity contribution in [3.8, 4) is 11.5 Å². The number of carbonyl (C=O) groups is 1.